The van der Waals surface area contributed by atoms with Crippen molar-refractivity contribution in [1.29, 1.82) is 0 Å². The van der Waals surface area contributed by atoms with Crippen molar-refractivity contribution in [2.45, 2.75) is 5.41 Å². The first kappa shape index (κ1) is 46.6. The molecule has 7 aromatic rings. The van der Waals surface area contributed by atoms with Crippen LogP contribution in [0.3, 0.4) is 0 Å². The second-order valence-electron chi connectivity index (χ2n) is 14.8. The molecule has 338 valence electrons. The van der Waals surface area contributed by atoms with Crippen LogP contribution in [-0.2, 0) is 29.2 Å². The van der Waals surface area contributed by atoms with Crippen molar-refractivity contribution < 1.29 is 58.0 Å². The van der Waals surface area contributed by atoms with E-state index >= 15 is 0 Å². The van der Waals surface area contributed by atoms with Gasteiger partial charge in [-0.2, -0.15) is 0 Å². The Morgan fingerprint density at radius 3 is 1.22 bits per heavy atom. The number of ether oxygens (including phenoxy) is 3. The van der Waals surface area contributed by atoms with E-state index in [1.54, 1.807) is 36.4 Å². The molecular formula is C52H36ClN3O12. The molecule has 0 saturated carbocycles. The van der Waals surface area contributed by atoms with Crippen LogP contribution in [0.15, 0.2) is 170 Å². The minimum absolute atomic E-state index is 0.0497. The number of nitrogen functional groups attached to an aromatic ring is 3. The lowest BCUT2D eigenvalue weighted by molar-refractivity contribution is -0.150. The molecule has 11 rings (SSSR count). The number of hydrogen-bond donors (Lipinski definition) is 5. The highest BCUT2D eigenvalue weighted by atomic mass is 35.5. The van der Waals surface area contributed by atoms with E-state index in [1.807, 2.05) is 78.9 Å². The number of esters is 6. The van der Waals surface area contributed by atoms with Crippen LogP contribution in [0.4, 0.5) is 17.1 Å². The molecule has 3 aliphatic heterocycles. The summed E-state index contributed by atoms with van der Waals surface area (Å²) in [5.41, 5.74) is 25.8. The van der Waals surface area contributed by atoms with Gasteiger partial charge in [0, 0.05) is 23.4 Å². The Balaban J connectivity index is 0.000000145. The number of carbonyl (C=O) groups is 7. The van der Waals surface area contributed by atoms with Crippen molar-refractivity contribution in [1.82, 2.24) is 0 Å². The van der Waals surface area contributed by atoms with Gasteiger partial charge in [0.05, 0.1) is 39.0 Å². The summed E-state index contributed by atoms with van der Waals surface area (Å²) in [6.45, 7) is 0. The zero-order valence-electron chi connectivity index (χ0n) is 35.3. The Hall–Kier alpha value is -9.34. The normalized spacial score (nSPS) is 13.7. The first-order valence-electron chi connectivity index (χ1n) is 20.2. The van der Waals surface area contributed by atoms with Gasteiger partial charge in [0.2, 0.25) is 0 Å². The summed E-state index contributed by atoms with van der Waals surface area (Å²) in [5.74, 6) is -3.60. The van der Waals surface area contributed by atoms with Gasteiger partial charge in [0.15, 0.2) is 0 Å². The van der Waals surface area contributed by atoms with Crippen molar-refractivity contribution in [3.63, 3.8) is 0 Å². The summed E-state index contributed by atoms with van der Waals surface area (Å²) in [4.78, 5) is 74.3. The number of cyclic esters (lactones) is 6. The van der Waals surface area contributed by atoms with Gasteiger partial charge < -0.3 is 41.6 Å². The number of rotatable bonds is 3. The number of para-hydroxylation sites is 1. The number of aromatic hydroxyl groups is 2. The molecule has 16 heteroatoms. The van der Waals surface area contributed by atoms with Crippen LogP contribution >= 0.6 is 11.6 Å². The van der Waals surface area contributed by atoms with Crippen molar-refractivity contribution in [3.8, 4) is 22.6 Å². The van der Waals surface area contributed by atoms with E-state index in [0.29, 0.717) is 22.5 Å². The summed E-state index contributed by atoms with van der Waals surface area (Å²) in [6, 6.07) is 47.2. The molecule has 0 aromatic heterocycles. The number of halogens is 1. The highest BCUT2D eigenvalue weighted by Gasteiger charge is 2.46. The molecule has 0 bridgehead atoms. The monoisotopic (exact) mass is 929 g/mol. The molecule has 68 heavy (non-hydrogen) atoms. The van der Waals surface area contributed by atoms with Gasteiger partial charge in [-0.05, 0) is 112 Å². The van der Waals surface area contributed by atoms with Crippen molar-refractivity contribution in [2.75, 3.05) is 17.2 Å². The number of carbonyl (C=O) groups excluding carboxylic acids is 7. The lowest BCUT2D eigenvalue weighted by Gasteiger charge is -2.34. The Bertz CT molecular complexity index is 3080. The maximum Gasteiger partial charge on any atom is 0.346 e. The highest BCUT2D eigenvalue weighted by molar-refractivity contribution is 6.67. The zero-order valence-corrected chi connectivity index (χ0v) is 36.0. The minimum Gasteiger partial charge on any atom is -0.506 e. The third-order valence-electron chi connectivity index (χ3n) is 10.7. The standard InChI is InChI=1S/C25H20N2O2.C9H3ClO4.C8H4O3.C6H7N.C4H2O3/c26-21-13-15(9-11-23(21)28)25(16-10-12-24(29)22(27)14-16)19-7-3-1-5-17(19)18-6-2-4-8-20(18)25;10-7(11)4-1-2-5-6(3-4)9(13)14-8(5)12;9-7-5-3-1-2-4-6(5)8(10)11-7;7-6-4-2-1-3-5-6;5-3-1-2-4(6)7-3/h1-14,28-29H,26-27H2;1-3H;1-4H;1-5H,7H2;1-2H. The van der Waals surface area contributed by atoms with Crippen LogP contribution in [0.25, 0.3) is 11.1 Å². The third-order valence-corrected chi connectivity index (χ3v) is 10.9. The van der Waals surface area contributed by atoms with Crippen LogP contribution in [-0.4, -0.2) is 51.3 Å². The third kappa shape index (κ3) is 9.54. The van der Waals surface area contributed by atoms with Gasteiger partial charge >= 0.3 is 35.8 Å². The Labute approximate surface area is 391 Å². The lowest BCUT2D eigenvalue weighted by atomic mass is 9.67. The average molecular weight is 930 g/mol. The highest BCUT2D eigenvalue weighted by Crippen LogP contribution is 2.57. The molecule has 7 aromatic carbocycles. The summed E-state index contributed by atoms with van der Waals surface area (Å²) in [6.07, 6.45) is 2.17. The van der Waals surface area contributed by atoms with E-state index in [-0.39, 0.29) is 28.2 Å². The van der Waals surface area contributed by atoms with Crippen molar-refractivity contribution in [2.24, 2.45) is 0 Å². The van der Waals surface area contributed by atoms with Gasteiger partial charge in [-0.25, -0.2) is 28.8 Å². The van der Waals surface area contributed by atoms with E-state index in [0.717, 1.165) is 51.2 Å². The summed E-state index contributed by atoms with van der Waals surface area (Å²) < 4.78 is 12.7. The van der Waals surface area contributed by atoms with Crippen LogP contribution in [0.5, 0.6) is 11.5 Å². The SMILES string of the molecule is Nc1cc(C2(c3ccc(O)c(N)c3)c3ccccc3-c3ccccc32)ccc1O.Nc1ccccc1.O=C(Cl)c1ccc2c(c1)C(=O)OC2=O.O=C1C=CC(=O)O1.O=C1OC(=O)c2ccccc21. The molecule has 8 N–H and O–H groups in total. The molecule has 0 amide bonds. The van der Waals surface area contributed by atoms with Gasteiger partial charge in [-0.3, -0.25) is 4.79 Å². The Kier molecular flexibility index (Phi) is 13.6. The molecule has 0 saturated heterocycles. The fourth-order valence-corrected chi connectivity index (χ4v) is 7.71. The zero-order chi connectivity index (χ0) is 48.7. The molecule has 1 aliphatic carbocycles. The van der Waals surface area contributed by atoms with Crippen LogP contribution in [0, 0.1) is 0 Å². The molecule has 0 atom stereocenters. The van der Waals surface area contributed by atoms with Crippen molar-refractivity contribution in [3.05, 3.63) is 220 Å². The summed E-state index contributed by atoms with van der Waals surface area (Å²) in [5, 5.41) is 19.4. The number of phenols is 2. The molecule has 0 fully saturated rings. The molecule has 0 spiro atoms. The minimum atomic E-state index is -0.746. The number of benzene rings is 7. The Morgan fingerprint density at radius 1 is 0.441 bits per heavy atom. The van der Waals surface area contributed by atoms with E-state index in [2.05, 4.69) is 38.5 Å². The predicted molar refractivity (Wildman–Crippen MR) is 250 cm³/mol. The lowest BCUT2D eigenvalue weighted by Crippen LogP contribution is -2.28. The number of fused-ring (bicyclic) bond motifs is 5. The van der Waals surface area contributed by atoms with Gasteiger partial charge in [-0.15, -0.1) is 0 Å². The van der Waals surface area contributed by atoms with E-state index in [1.165, 1.54) is 18.2 Å². The topological polar surface area (TPSA) is 266 Å². The van der Waals surface area contributed by atoms with Gasteiger partial charge in [0.1, 0.15) is 11.5 Å². The smallest absolute Gasteiger partial charge is 0.346 e. The number of nitrogens with two attached hydrogens (primary N) is 3. The maximum atomic E-state index is 11.1. The molecule has 3 heterocycles. The first-order chi connectivity index (χ1) is 32.6. The fraction of sp³-hybridized carbons (Fsp3) is 0.0192. The summed E-state index contributed by atoms with van der Waals surface area (Å²) >= 11 is 5.21. The van der Waals surface area contributed by atoms with E-state index < -0.39 is 46.5 Å². The van der Waals surface area contributed by atoms with Crippen LogP contribution in [0.2, 0.25) is 0 Å². The molecular weight excluding hydrogens is 894 g/mol. The molecule has 0 radical (unpaired) electrons. The van der Waals surface area contributed by atoms with Crippen LogP contribution < -0.4 is 17.2 Å². The number of hydrogen-bond acceptors (Lipinski definition) is 15. The van der Waals surface area contributed by atoms with Gasteiger partial charge in [-0.1, -0.05) is 91.0 Å². The number of phenolic OH excluding ortho intramolecular Hbond substituents is 2. The molecule has 0 unspecified atom stereocenters. The number of anilines is 3. The van der Waals surface area contributed by atoms with Gasteiger partial charge in [0.25, 0.3) is 5.24 Å². The second-order valence-corrected chi connectivity index (χ2v) is 15.1. The summed E-state index contributed by atoms with van der Waals surface area (Å²) in [7, 11) is 0. The predicted octanol–water partition coefficient (Wildman–Crippen LogP) is 7.89. The van der Waals surface area contributed by atoms with Crippen molar-refractivity contribution >= 4 is 69.7 Å². The fourth-order valence-electron chi connectivity index (χ4n) is 7.60. The second kappa shape index (κ2) is 19.8. The van der Waals surface area contributed by atoms with Crippen LogP contribution in [0.1, 0.15) is 74.0 Å². The van der Waals surface area contributed by atoms with E-state index in [4.69, 9.17) is 28.8 Å². The maximum absolute atomic E-state index is 11.1. The van der Waals surface area contributed by atoms with E-state index in [9.17, 15) is 43.8 Å². The average Bonchev–Trinajstić information content (AvgIpc) is 4.05. The molecule has 4 aliphatic rings. The largest absolute Gasteiger partial charge is 0.506 e. The Morgan fingerprint density at radius 2 is 0.838 bits per heavy atom. The first-order valence-corrected chi connectivity index (χ1v) is 20.6. The molecule has 15 nitrogen and oxygen atoms in total. The quantitative estimate of drug-likeness (QED) is 0.0282.